The first kappa shape index (κ1) is 15.0. The zero-order chi connectivity index (χ0) is 15.4. The van der Waals surface area contributed by atoms with Crippen LogP contribution in [-0.2, 0) is 11.2 Å². The third kappa shape index (κ3) is 3.59. The van der Waals surface area contributed by atoms with Crippen LogP contribution in [0.5, 0.6) is 0 Å². The Labute approximate surface area is 121 Å². The molecule has 1 heterocycles. The number of hydrazine groups is 1. The van der Waals surface area contributed by atoms with Gasteiger partial charge in [-0.3, -0.25) is 10.4 Å². The molecular formula is C15H16F2N2O2. The Balaban J connectivity index is 2.16. The number of hydrogen-bond donors (Lipinski definition) is 2. The molecular weight excluding hydrogens is 278 g/mol. The Hall–Kier alpha value is -2.37. The van der Waals surface area contributed by atoms with Crippen LogP contribution < -0.4 is 5.43 Å². The van der Waals surface area contributed by atoms with Gasteiger partial charge >= 0.3 is 5.97 Å². The maximum Gasteiger partial charge on any atom is 0.333 e. The van der Waals surface area contributed by atoms with E-state index < -0.39 is 17.6 Å². The number of aryl methyl sites for hydroxylation is 1. The number of benzene rings is 1. The molecule has 2 N–H and O–H groups in total. The van der Waals surface area contributed by atoms with Gasteiger partial charge in [-0.25, -0.2) is 13.6 Å². The number of allylic oxidation sites excluding steroid dienone is 2. The second kappa shape index (κ2) is 6.39. The van der Waals surface area contributed by atoms with Crippen LogP contribution in [-0.4, -0.2) is 22.6 Å². The van der Waals surface area contributed by atoms with E-state index in [1.165, 1.54) is 35.5 Å². The van der Waals surface area contributed by atoms with E-state index in [1.54, 1.807) is 0 Å². The molecule has 0 fully saturated rings. The van der Waals surface area contributed by atoms with Gasteiger partial charge in [0, 0.05) is 6.20 Å². The number of nitrogens with one attached hydrogen (secondary N) is 1. The van der Waals surface area contributed by atoms with Gasteiger partial charge in [-0.2, -0.15) is 0 Å². The maximum absolute atomic E-state index is 14.0. The second-order valence-electron chi connectivity index (χ2n) is 4.76. The van der Waals surface area contributed by atoms with Crippen molar-refractivity contribution in [1.29, 1.82) is 0 Å². The summed E-state index contributed by atoms with van der Waals surface area (Å²) in [5, 5.41) is 10.2. The third-order valence-electron chi connectivity index (χ3n) is 3.07. The molecule has 0 saturated carbocycles. The lowest BCUT2D eigenvalue weighted by molar-refractivity contribution is -0.132. The van der Waals surface area contributed by atoms with Crippen LogP contribution >= 0.6 is 0 Å². The Kier molecular flexibility index (Phi) is 4.57. The van der Waals surface area contributed by atoms with Crippen molar-refractivity contribution in [2.24, 2.45) is 0 Å². The standard InChI is InChI=1S/C15H16F2N2O2/c1-2-4-10-7-12(16)14(13(17)8-10)18-19-6-3-5-11(9-19)15(20)21/h3,5-8,18H,2,4,9H2,1H3,(H,20,21). The Bertz CT molecular complexity index is 589. The summed E-state index contributed by atoms with van der Waals surface area (Å²) in [6, 6.07) is 2.58. The van der Waals surface area contributed by atoms with Gasteiger partial charge < -0.3 is 5.11 Å². The summed E-state index contributed by atoms with van der Waals surface area (Å²) in [5.74, 6) is -2.46. The number of hydrogen-bond acceptors (Lipinski definition) is 3. The molecule has 1 aromatic rings. The number of nitrogens with zero attached hydrogens (tertiary/aromatic N) is 1. The van der Waals surface area contributed by atoms with Crippen molar-refractivity contribution in [2.75, 3.05) is 12.0 Å². The van der Waals surface area contributed by atoms with Crippen molar-refractivity contribution in [3.63, 3.8) is 0 Å². The number of carboxylic acids is 1. The lowest BCUT2D eigenvalue weighted by Gasteiger charge is -2.25. The number of carboxylic acid groups (broad SMARTS) is 1. The Morgan fingerprint density at radius 2 is 2.05 bits per heavy atom. The SMILES string of the molecule is CCCc1cc(F)c(NN2C=CC=C(C(=O)O)C2)c(F)c1. The number of aliphatic carboxylic acids is 1. The molecule has 112 valence electrons. The van der Waals surface area contributed by atoms with E-state index in [4.69, 9.17) is 5.11 Å². The third-order valence-corrected chi connectivity index (χ3v) is 3.07. The van der Waals surface area contributed by atoms with Crippen LogP contribution in [0.2, 0.25) is 0 Å². The maximum atomic E-state index is 14.0. The normalized spacial score (nSPS) is 14.0. The van der Waals surface area contributed by atoms with Crippen LogP contribution in [0.15, 0.2) is 36.1 Å². The van der Waals surface area contributed by atoms with Crippen LogP contribution in [0.3, 0.4) is 0 Å². The van der Waals surface area contributed by atoms with E-state index in [2.05, 4.69) is 5.43 Å². The molecule has 0 bridgehead atoms. The smallest absolute Gasteiger partial charge is 0.333 e. The highest BCUT2D eigenvalue weighted by Gasteiger charge is 2.17. The van der Waals surface area contributed by atoms with Crippen molar-refractivity contribution < 1.29 is 18.7 Å². The molecule has 0 saturated heterocycles. The van der Waals surface area contributed by atoms with E-state index in [0.29, 0.717) is 12.0 Å². The monoisotopic (exact) mass is 294 g/mol. The van der Waals surface area contributed by atoms with Crippen molar-refractivity contribution in [2.45, 2.75) is 19.8 Å². The van der Waals surface area contributed by atoms with Gasteiger partial charge in [0.25, 0.3) is 0 Å². The van der Waals surface area contributed by atoms with E-state index >= 15 is 0 Å². The minimum Gasteiger partial charge on any atom is -0.478 e. The summed E-state index contributed by atoms with van der Waals surface area (Å²) in [6.07, 6.45) is 5.86. The molecule has 4 nitrogen and oxygen atoms in total. The lowest BCUT2D eigenvalue weighted by atomic mass is 10.1. The van der Waals surface area contributed by atoms with Gasteiger partial charge in [-0.1, -0.05) is 13.3 Å². The van der Waals surface area contributed by atoms with Crippen molar-refractivity contribution in [3.05, 3.63) is 53.3 Å². The highest BCUT2D eigenvalue weighted by molar-refractivity contribution is 5.87. The minimum atomic E-state index is -1.06. The Morgan fingerprint density at radius 1 is 1.38 bits per heavy atom. The fourth-order valence-electron chi connectivity index (χ4n) is 2.08. The van der Waals surface area contributed by atoms with Crippen LogP contribution in [0.25, 0.3) is 0 Å². The van der Waals surface area contributed by atoms with Gasteiger partial charge in [0.15, 0.2) is 11.6 Å². The first-order valence-electron chi connectivity index (χ1n) is 6.63. The van der Waals surface area contributed by atoms with E-state index in [9.17, 15) is 13.6 Å². The molecule has 0 unspecified atom stereocenters. The van der Waals surface area contributed by atoms with Gasteiger partial charge in [0.2, 0.25) is 0 Å². The average Bonchev–Trinajstić information content (AvgIpc) is 2.43. The van der Waals surface area contributed by atoms with Gasteiger partial charge in [-0.05, 0) is 36.3 Å². The molecule has 21 heavy (non-hydrogen) atoms. The number of anilines is 1. The molecule has 1 aliphatic heterocycles. The summed E-state index contributed by atoms with van der Waals surface area (Å²) in [6.45, 7) is 1.95. The summed E-state index contributed by atoms with van der Waals surface area (Å²) in [4.78, 5) is 10.9. The molecule has 0 spiro atoms. The second-order valence-corrected chi connectivity index (χ2v) is 4.76. The predicted molar refractivity (Wildman–Crippen MR) is 75.5 cm³/mol. The first-order chi connectivity index (χ1) is 10.0. The zero-order valence-electron chi connectivity index (χ0n) is 11.6. The van der Waals surface area contributed by atoms with E-state index in [1.807, 2.05) is 6.92 Å². The molecule has 2 rings (SSSR count). The van der Waals surface area contributed by atoms with E-state index in [-0.39, 0.29) is 17.8 Å². The van der Waals surface area contributed by atoms with Crippen LogP contribution in [0.1, 0.15) is 18.9 Å². The molecule has 0 radical (unpaired) electrons. The predicted octanol–water partition coefficient (Wildman–Crippen LogP) is 3.08. The summed E-state index contributed by atoms with van der Waals surface area (Å²) in [7, 11) is 0. The summed E-state index contributed by atoms with van der Waals surface area (Å²) < 4.78 is 27.9. The van der Waals surface area contributed by atoms with Gasteiger partial charge in [0.05, 0.1) is 12.1 Å². The number of halogens is 2. The Morgan fingerprint density at radius 3 is 2.62 bits per heavy atom. The lowest BCUT2D eigenvalue weighted by Crippen LogP contribution is -2.31. The zero-order valence-corrected chi connectivity index (χ0v) is 11.6. The number of carbonyl (C=O) groups is 1. The quantitative estimate of drug-likeness (QED) is 0.876. The summed E-state index contributed by atoms with van der Waals surface area (Å²) >= 11 is 0. The first-order valence-corrected chi connectivity index (χ1v) is 6.63. The van der Waals surface area contributed by atoms with Crippen LogP contribution in [0.4, 0.5) is 14.5 Å². The highest BCUT2D eigenvalue weighted by Crippen LogP contribution is 2.23. The number of rotatable bonds is 5. The molecule has 6 heteroatoms. The molecule has 0 atom stereocenters. The summed E-state index contributed by atoms with van der Waals surface area (Å²) in [5.41, 5.74) is 3.01. The topological polar surface area (TPSA) is 52.6 Å². The van der Waals surface area contributed by atoms with Gasteiger partial charge in [-0.15, -0.1) is 0 Å². The van der Waals surface area contributed by atoms with Gasteiger partial charge in [0.1, 0.15) is 5.69 Å². The van der Waals surface area contributed by atoms with Crippen LogP contribution in [0, 0.1) is 11.6 Å². The molecule has 0 aromatic heterocycles. The van der Waals surface area contributed by atoms with Crippen molar-refractivity contribution >= 4 is 11.7 Å². The molecule has 1 aliphatic rings. The van der Waals surface area contributed by atoms with E-state index in [0.717, 1.165) is 6.42 Å². The molecule has 0 aliphatic carbocycles. The highest BCUT2D eigenvalue weighted by atomic mass is 19.1. The molecule has 0 amide bonds. The fourth-order valence-corrected chi connectivity index (χ4v) is 2.08. The minimum absolute atomic E-state index is 0.0153. The molecule has 1 aromatic carbocycles. The van der Waals surface area contributed by atoms with Crippen molar-refractivity contribution in [3.8, 4) is 0 Å². The fraction of sp³-hybridized carbons (Fsp3) is 0.267. The largest absolute Gasteiger partial charge is 0.478 e. The average molecular weight is 294 g/mol. The van der Waals surface area contributed by atoms with Crippen molar-refractivity contribution in [1.82, 2.24) is 5.01 Å².